The van der Waals surface area contributed by atoms with Crippen LogP contribution in [0, 0.1) is 0 Å². The van der Waals surface area contributed by atoms with Crippen molar-refractivity contribution in [2.75, 3.05) is 38.7 Å². The van der Waals surface area contributed by atoms with Crippen molar-refractivity contribution in [3.8, 4) is 0 Å². The molecular weight excluding hydrogens is 419 g/mol. The molecule has 1 aromatic carbocycles. The van der Waals surface area contributed by atoms with E-state index in [1.54, 1.807) is 0 Å². The summed E-state index contributed by atoms with van der Waals surface area (Å²) in [6.45, 7) is 7.89. The van der Waals surface area contributed by atoms with Gasteiger partial charge in [-0.3, -0.25) is 9.89 Å². The minimum Gasteiger partial charge on any atom is -0.357 e. The van der Waals surface area contributed by atoms with E-state index in [1.807, 2.05) is 11.8 Å². The number of nitrogens with one attached hydrogen (secondary N) is 2. The highest BCUT2D eigenvalue weighted by molar-refractivity contribution is 14.0. The molecule has 0 saturated heterocycles. The molecule has 0 fully saturated rings. The van der Waals surface area contributed by atoms with E-state index in [0.29, 0.717) is 6.04 Å². The van der Waals surface area contributed by atoms with Gasteiger partial charge in [0.15, 0.2) is 5.96 Å². The third-order valence-corrected chi connectivity index (χ3v) is 4.10. The highest BCUT2D eigenvalue weighted by Gasteiger charge is 2.09. The number of likely N-dealkylation sites (N-methyl/N-ethyl adjacent to an activating group) is 1. The fourth-order valence-corrected chi connectivity index (χ4v) is 2.31. The Bertz CT molecular complexity index is 428. The summed E-state index contributed by atoms with van der Waals surface area (Å²) in [4.78, 5) is 7.03. The molecule has 23 heavy (non-hydrogen) atoms. The summed E-state index contributed by atoms with van der Waals surface area (Å²) in [5.41, 5.74) is 1.34. The lowest BCUT2D eigenvalue weighted by Gasteiger charge is -2.23. The molecule has 4 nitrogen and oxygen atoms in total. The van der Waals surface area contributed by atoms with Gasteiger partial charge in [-0.2, -0.15) is 11.8 Å². The maximum absolute atomic E-state index is 4.69. The molecule has 1 unspecified atom stereocenters. The maximum Gasteiger partial charge on any atom is 0.191 e. The molecule has 0 aromatic heterocycles. The van der Waals surface area contributed by atoms with Gasteiger partial charge in [0.05, 0.1) is 6.54 Å². The summed E-state index contributed by atoms with van der Waals surface area (Å²) in [7, 11) is 2.15. The summed E-state index contributed by atoms with van der Waals surface area (Å²) in [6.07, 6.45) is 2.12. The summed E-state index contributed by atoms with van der Waals surface area (Å²) in [5.74, 6) is 2.00. The normalized spacial score (nSPS) is 12.7. The Labute approximate surface area is 162 Å². The molecule has 1 rings (SSSR count). The quantitative estimate of drug-likeness (QED) is 0.263. The Hall–Kier alpha value is -0.470. The zero-order valence-electron chi connectivity index (χ0n) is 14.7. The van der Waals surface area contributed by atoms with Gasteiger partial charge in [0.25, 0.3) is 0 Å². The number of halogens is 1. The molecule has 0 radical (unpaired) electrons. The molecule has 0 aliphatic rings. The van der Waals surface area contributed by atoms with E-state index in [0.717, 1.165) is 37.9 Å². The molecule has 0 saturated carbocycles. The number of aliphatic imine (C=N–C) groups is 1. The second kappa shape index (κ2) is 13.9. The van der Waals surface area contributed by atoms with Crippen LogP contribution in [-0.2, 0) is 6.54 Å². The maximum atomic E-state index is 4.69. The first-order valence-corrected chi connectivity index (χ1v) is 9.32. The highest BCUT2D eigenvalue weighted by atomic mass is 127. The standard InChI is InChI=1S/C17H30N4S.HI/c1-5-18-17(19-11-12-22-4)20-13-15(2)21(3)14-16-9-7-6-8-10-16;/h6-10,15H,5,11-14H2,1-4H3,(H2,18,19,20);1H. The van der Waals surface area contributed by atoms with Gasteiger partial charge in [0, 0.05) is 31.4 Å². The van der Waals surface area contributed by atoms with Gasteiger partial charge in [-0.25, -0.2) is 0 Å². The Morgan fingerprint density at radius 1 is 1.26 bits per heavy atom. The monoisotopic (exact) mass is 450 g/mol. The van der Waals surface area contributed by atoms with E-state index in [9.17, 15) is 0 Å². The fraction of sp³-hybridized carbons (Fsp3) is 0.588. The third-order valence-electron chi connectivity index (χ3n) is 3.48. The molecule has 0 spiro atoms. The van der Waals surface area contributed by atoms with Gasteiger partial charge in [-0.1, -0.05) is 30.3 Å². The van der Waals surface area contributed by atoms with Crippen molar-refractivity contribution in [3.63, 3.8) is 0 Å². The van der Waals surface area contributed by atoms with E-state index in [4.69, 9.17) is 4.99 Å². The number of thioether (sulfide) groups is 1. The zero-order valence-corrected chi connectivity index (χ0v) is 17.9. The predicted octanol–water partition coefficient (Wildman–Crippen LogP) is 3.04. The molecule has 0 amide bonds. The van der Waals surface area contributed by atoms with Crippen LogP contribution in [0.2, 0.25) is 0 Å². The minimum absolute atomic E-state index is 0. The molecule has 1 atom stereocenters. The number of rotatable bonds is 9. The van der Waals surface area contributed by atoms with E-state index in [-0.39, 0.29) is 24.0 Å². The van der Waals surface area contributed by atoms with Crippen molar-refractivity contribution in [2.45, 2.75) is 26.4 Å². The van der Waals surface area contributed by atoms with E-state index < -0.39 is 0 Å². The Kier molecular flexibility index (Phi) is 13.6. The molecule has 0 aliphatic heterocycles. The first kappa shape index (κ1) is 22.5. The van der Waals surface area contributed by atoms with Crippen molar-refractivity contribution in [1.82, 2.24) is 15.5 Å². The van der Waals surface area contributed by atoms with E-state index in [2.05, 4.69) is 73.0 Å². The number of benzene rings is 1. The first-order valence-electron chi connectivity index (χ1n) is 7.92. The van der Waals surface area contributed by atoms with Crippen LogP contribution in [0.1, 0.15) is 19.4 Å². The number of nitrogens with zero attached hydrogens (tertiary/aromatic N) is 2. The van der Waals surface area contributed by atoms with Crippen LogP contribution in [0.4, 0.5) is 0 Å². The molecule has 132 valence electrons. The van der Waals surface area contributed by atoms with Crippen LogP contribution < -0.4 is 10.6 Å². The Morgan fingerprint density at radius 2 is 1.96 bits per heavy atom. The fourth-order valence-electron chi connectivity index (χ4n) is 2.00. The Balaban J connectivity index is 0.00000484. The summed E-state index contributed by atoms with van der Waals surface area (Å²) < 4.78 is 0. The highest BCUT2D eigenvalue weighted by Crippen LogP contribution is 2.06. The lowest BCUT2D eigenvalue weighted by atomic mass is 10.2. The lowest BCUT2D eigenvalue weighted by molar-refractivity contribution is 0.255. The number of guanidine groups is 1. The molecule has 1 aromatic rings. The van der Waals surface area contributed by atoms with Crippen LogP contribution in [0.5, 0.6) is 0 Å². The SMILES string of the molecule is CCNC(=NCC(C)N(C)Cc1ccccc1)NCCSC.I. The summed E-state index contributed by atoms with van der Waals surface area (Å²) >= 11 is 1.84. The van der Waals surface area contributed by atoms with Crippen LogP contribution in [0.3, 0.4) is 0 Å². The van der Waals surface area contributed by atoms with Crippen LogP contribution in [-0.4, -0.2) is 55.6 Å². The van der Waals surface area contributed by atoms with Gasteiger partial charge < -0.3 is 10.6 Å². The molecule has 0 heterocycles. The average molecular weight is 450 g/mol. The van der Waals surface area contributed by atoms with Crippen molar-refractivity contribution in [2.24, 2.45) is 4.99 Å². The smallest absolute Gasteiger partial charge is 0.191 e. The van der Waals surface area contributed by atoms with Crippen molar-refractivity contribution < 1.29 is 0 Å². The topological polar surface area (TPSA) is 39.7 Å². The van der Waals surface area contributed by atoms with Crippen molar-refractivity contribution >= 4 is 41.7 Å². The minimum atomic E-state index is 0. The largest absolute Gasteiger partial charge is 0.357 e. The second-order valence-corrected chi connectivity index (χ2v) is 6.37. The summed E-state index contributed by atoms with van der Waals surface area (Å²) in [6, 6.07) is 11.0. The average Bonchev–Trinajstić information content (AvgIpc) is 2.53. The van der Waals surface area contributed by atoms with Gasteiger partial charge >= 0.3 is 0 Å². The van der Waals surface area contributed by atoms with Crippen LogP contribution >= 0.6 is 35.7 Å². The van der Waals surface area contributed by atoms with Gasteiger partial charge in [0.2, 0.25) is 0 Å². The predicted molar refractivity (Wildman–Crippen MR) is 115 cm³/mol. The Morgan fingerprint density at radius 3 is 2.57 bits per heavy atom. The number of hydrogen-bond donors (Lipinski definition) is 2. The van der Waals surface area contributed by atoms with Gasteiger partial charge in [0.1, 0.15) is 0 Å². The van der Waals surface area contributed by atoms with Gasteiger partial charge in [-0.15, -0.1) is 24.0 Å². The van der Waals surface area contributed by atoms with Crippen LogP contribution in [0.25, 0.3) is 0 Å². The molecular formula is C17H31IN4S. The number of hydrogen-bond acceptors (Lipinski definition) is 3. The molecule has 2 N–H and O–H groups in total. The third kappa shape index (κ3) is 10.1. The van der Waals surface area contributed by atoms with Crippen molar-refractivity contribution in [3.05, 3.63) is 35.9 Å². The lowest BCUT2D eigenvalue weighted by Crippen LogP contribution is -2.40. The zero-order chi connectivity index (χ0) is 16.2. The molecule has 6 heteroatoms. The molecule has 0 aliphatic carbocycles. The van der Waals surface area contributed by atoms with Crippen LogP contribution in [0.15, 0.2) is 35.3 Å². The first-order chi connectivity index (χ1) is 10.7. The van der Waals surface area contributed by atoms with Gasteiger partial charge in [-0.05, 0) is 32.7 Å². The van der Waals surface area contributed by atoms with E-state index >= 15 is 0 Å². The van der Waals surface area contributed by atoms with E-state index in [1.165, 1.54) is 5.56 Å². The second-order valence-electron chi connectivity index (χ2n) is 5.39. The summed E-state index contributed by atoms with van der Waals surface area (Å²) in [5, 5.41) is 6.66. The molecule has 0 bridgehead atoms. The van der Waals surface area contributed by atoms with Crippen molar-refractivity contribution in [1.29, 1.82) is 0 Å².